The predicted octanol–water partition coefficient (Wildman–Crippen LogP) is 5.55. The SMILES string of the molecule is CC.CC(C)(C)C(C=O)NC(=O)NCC(=O)OC1CCCC1.CC(C)C.CCCC(C)[C@@H]1CC(C(=O)NC(CC2CCC2)C(=O)C(N)=O)N(C)C1. The Labute approximate surface area is 308 Å². The summed E-state index contributed by atoms with van der Waals surface area (Å²) in [6, 6.07) is -2.14. The van der Waals surface area contributed by atoms with Crippen LogP contribution in [-0.4, -0.2) is 85.2 Å². The summed E-state index contributed by atoms with van der Waals surface area (Å²) in [6.45, 7) is 21.2. The molecule has 0 aromatic rings. The number of Topliss-reactive ketones (excluding diaryl/α,β-unsaturated/α-hetero) is 1. The minimum Gasteiger partial charge on any atom is -0.461 e. The van der Waals surface area contributed by atoms with Crippen LogP contribution in [0.5, 0.6) is 0 Å². The first-order valence-electron chi connectivity index (χ1n) is 19.4. The first-order chi connectivity index (χ1) is 23.9. The molecular formula is C39H73N5O7. The molecule has 3 aliphatic rings. The first kappa shape index (κ1) is 48.0. The number of rotatable bonds is 14. The topological polar surface area (TPSA) is 177 Å². The van der Waals surface area contributed by atoms with Gasteiger partial charge in [-0.2, -0.15) is 0 Å². The first-order valence-corrected chi connectivity index (χ1v) is 19.4. The van der Waals surface area contributed by atoms with Gasteiger partial charge in [0.25, 0.3) is 5.91 Å². The van der Waals surface area contributed by atoms with Crippen LogP contribution in [0.2, 0.25) is 0 Å². The number of amides is 4. The maximum absolute atomic E-state index is 12.7. The summed E-state index contributed by atoms with van der Waals surface area (Å²) < 4.78 is 5.21. The third-order valence-corrected chi connectivity index (χ3v) is 9.45. The molecule has 1 aliphatic heterocycles. The van der Waals surface area contributed by atoms with Crippen molar-refractivity contribution >= 4 is 35.9 Å². The third kappa shape index (κ3) is 19.4. The van der Waals surface area contributed by atoms with E-state index in [4.69, 9.17) is 10.5 Å². The van der Waals surface area contributed by atoms with Crippen molar-refractivity contribution < 1.29 is 33.5 Å². The van der Waals surface area contributed by atoms with Crippen LogP contribution in [0.25, 0.3) is 0 Å². The van der Waals surface area contributed by atoms with Gasteiger partial charge in [0.2, 0.25) is 11.7 Å². The maximum Gasteiger partial charge on any atom is 0.325 e. The Bertz CT molecular complexity index is 1060. The second-order valence-corrected chi connectivity index (χ2v) is 16.0. The summed E-state index contributed by atoms with van der Waals surface area (Å²) in [4.78, 5) is 72.3. The predicted molar refractivity (Wildman–Crippen MR) is 203 cm³/mol. The Morgan fingerprint density at radius 1 is 0.941 bits per heavy atom. The van der Waals surface area contributed by atoms with E-state index in [0.717, 1.165) is 76.7 Å². The fourth-order valence-corrected chi connectivity index (χ4v) is 6.22. The smallest absolute Gasteiger partial charge is 0.325 e. The summed E-state index contributed by atoms with van der Waals surface area (Å²) in [7, 11) is 1.96. The molecule has 296 valence electrons. The number of carbonyl (C=O) groups excluding carboxylic acids is 6. The molecule has 0 radical (unpaired) electrons. The molecular weight excluding hydrogens is 650 g/mol. The van der Waals surface area contributed by atoms with Gasteiger partial charge in [0, 0.05) is 6.54 Å². The van der Waals surface area contributed by atoms with E-state index in [1.807, 2.05) is 41.7 Å². The number of carbonyl (C=O) groups is 6. The number of nitrogens with zero attached hydrogens (tertiary/aromatic N) is 1. The second-order valence-electron chi connectivity index (χ2n) is 16.0. The number of likely N-dealkylation sites (tertiary alicyclic amines) is 1. The normalized spacial score (nSPS) is 20.7. The lowest BCUT2D eigenvalue weighted by molar-refractivity contribution is -0.147. The zero-order valence-corrected chi connectivity index (χ0v) is 33.8. The van der Waals surface area contributed by atoms with Crippen molar-refractivity contribution in [1.82, 2.24) is 20.9 Å². The van der Waals surface area contributed by atoms with E-state index < -0.39 is 35.8 Å². The van der Waals surface area contributed by atoms with Crippen LogP contribution < -0.4 is 21.7 Å². The largest absolute Gasteiger partial charge is 0.461 e. The molecule has 5 atom stereocenters. The quantitative estimate of drug-likeness (QED) is 0.103. The van der Waals surface area contributed by atoms with Crippen LogP contribution in [0.4, 0.5) is 4.79 Å². The minimum atomic E-state index is -0.959. The number of hydrogen-bond donors (Lipinski definition) is 4. The highest BCUT2D eigenvalue weighted by molar-refractivity contribution is 6.37. The van der Waals surface area contributed by atoms with Gasteiger partial charge in [0.15, 0.2) is 0 Å². The summed E-state index contributed by atoms with van der Waals surface area (Å²) in [5.41, 5.74) is 4.80. The van der Waals surface area contributed by atoms with Gasteiger partial charge in [0.1, 0.15) is 18.9 Å². The number of primary amides is 1. The second kappa shape index (κ2) is 25.0. The number of aldehydes is 1. The Balaban J connectivity index is 0.000000865. The number of urea groups is 1. The highest BCUT2D eigenvalue weighted by Crippen LogP contribution is 2.32. The van der Waals surface area contributed by atoms with Gasteiger partial charge in [-0.05, 0) is 74.7 Å². The molecule has 12 heteroatoms. The van der Waals surface area contributed by atoms with Gasteiger partial charge in [-0.1, -0.05) is 101 Å². The van der Waals surface area contributed by atoms with Gasteiger partial charge in [-0.15, -0.1) is 0 Å². The Morgan fingerprint density at radius 2 is 1.51 bits per heavy atom. The maximum atomic E-state index is 12.7. The van der Waals surface area contributed by atoms with Crippen LogP contribution in [-0.2, 0) is 28.7 Å². The van der Waals surface area contributed by atoms with E-state index in [2.05, 4.69) is 55.5 Å². The number of ketones is 1. The van der Waals surface area contributed by atoms with E-state index >= 15 is 0 Å². The summed E-state index contributed by atoms with van der Waals surface area (Å²) >= 11 is 0. The molecule has 1 heterocycles. The number of nitrogens with two attached hydrogens (primary N) is 1. The van der Waals surface area contributed by atoms with E-state index in [-0.39, 0.29) is 30.0 Å². The molecule has 4 unspecified atom stereocenters. The zero-order valence-electron chi connectivity index (χ0n) is 33.8. The molecule has 3 rings (SSSR count). The standard InChI is InChI=1S/C19H33N3O3.C14H24N2O4.C4H10.C2H6/c1-4-6-12(2)14-10-16(22(3)11-14)19(25)21-15(17(23)18(20)24)9-13-7-5-8-13;1-14(2,3)11(9-17)16-13(19)15-8-12(18)20-10-6-4-5-7-10;1-4(2)3;1-2/h12-16H,4-11H2,1-3H3,(H2,20,24)(H,21,25);9-11H,4-8H2,1-3H3,(H2,15,16,19);4H,1-3H3;1-2H3/t12?,14-,15?,16?;;;/m1.../s1. The molecule has 0 aromatic heterocycles. The van der Waals surface area contributed by atoms with Crippen molar-refractivity contribution in [3.63, 3.8) is 0 Å². The van der Waals surface area contributed by atoms with Gasteiger partial charge in [0.05, 0.1) is 18.1 Å². The molecule has 0 aromatic carbocycles. The van der Waals surface area contributed by atoms with Crippen molar-refractivity contribution in [3.8, 4) is 0 Å². The molecule has 1 saturated heterocycles. The Kier molecular flexibility index (Phi) is 23.6. The van der Waals surface area contributed by atoms with Crippen molar-refractivity contribution in [1.29, 1.82) is 0 Å². The molecule has 12 nitrogen and oxygen atoms in total. The van der Waals surface area contributed by atoms with Gasteiger partial charge >= 0.3 is 12.0 Å². The average Bonchev–Trinajstić information content (AvgIpc) is 3.69. The molecule has 2 aliphatic carbocycles. The molecule has 5 N–H and O–H groups in total. The highest BCUT2D eigenvalue weighted by Gasteiger charge is 2.39. The number of nitrogens with one attached hydrogen (secondary N) is 3. The summed E-state index contributed by atoms with van der Waals surface area (Å²) in [5.74, 6) is 0.113. The van der Waals surface area contributed by atoms with E-state index in [0.29, 0.717) is 30.5 Å². The third-order valence-electron chi connectivity index (χ3n) is 9.45. The number of ether oxygens (including phenoxy) is 1. The lowest BCUT2D eigenvalue weighted by atomic mass is 9.80. The minimum absolute atomic E-state index is 0.00957. The summed E-state index contributed by atoms with van der Waals surface area (Å²) in [6.07, 6.45) is 11.5. The van der Waals surface area contributed by atoms with E-state index in [1.165, 1.54) is 0 Å². The van der Waals surface area contributed by atoms with Crippen molar-refractivity contribution in [2.75, 3.05) is 20.1 Å². The number of likely N-dealkylation sites (N-methyl/N-ethyl adjacent to an activating group) is 1. The Morgan fingerprint density at radius 3 is 1.96 bits per heavy atom. The van der Waals surface area contributed by atoms with Gasteiger partial charge < -0.3 is 31.2 Å². The van der Waals surface area contributed by atoms with Crippen LogP contribution in [0.3, 0.4) is 0 Å². The fourth-order valence-electron chi connectivity index (χ4n) is 6.22. The van der Waals surface area contributed by atoms with Crippen molar-refractivity contribution in [2.45, 2.75) is 164 Å². The lowest BCUT2D eigenvalue weighted by Crippen LogP contribution is -2.52. The van der Waals surface area contributed by atoms with Crippen LogP contribution in [0.15, 0.2) is 0 Å². The van der Waals surface area contributed by atoms with E-state index in [1.54, 1.807) is 0 Å². The highest BCUT2D eigenvalue weighted by atomic mass is 16.5. The lowest BCUT2D eigenvalue weighted by Gasteiger charge is -2.30. The van der Waals surface area contributed by atoms with Gasteiger partial charge in [-0.25, -0.2) is 4.79 Å². The number of hydrogen-bond acceptors (Lipinski definition) is 8. The zero-order chi connectivity index (χ0) is 39.3. The summed E-state index contributed by atoms with van der Waals surface area (Å²) in [5, 5.41) is 7.77. The number of esters is 1. The van der Waals surface area contributed by atoms with Gasteiger partial charge in [-0.3, -0.25) is 24.1 Å². The monoisotopic (exact) mass is 724 g/mol. The molecule has 51 heavy (non-hydrogen) atoms. The fraction of sp³-hybridized carbons (Fsp3) is 0.846. The van der Waals surface area contributed by atoms with E-state index in [9.17, 15) is 28.8 Å². The van der Waals surface area contributed by atoms with Crippen LogP contribution >= 0.6 is 0 Å². The molecule has 0 spiro atoms. The van der Waals surface area contributed by atoms with Crippen molar-refractivity contribution in [3.05, 3.63) is 0 Å². The van der Waals surface area contributed by atoms with Crippen LogP contribution in [0.1, 0.15) is 140 Å². The Hall–Kier alpha value is -3.02. The van der Waals surface area contributed by atoms with Crippen molar-refractivity contribution in [2.24, 2.45) is 34.8 Å². The van der Waals surface area contributed by atoms with Crippen LogP contribution in [0, 0.1) is 29.1 Å². The molecule has 2 saturated carbocycles. The molecule has 0 bridgehead atoms. The molecule has 4 amide bonds. The molecule has 3 fully saturated rings. The average molecular weight is 724 g/mol.